The third-order valence-corrected chi connectivity index (χ3v) is 4.25. The molecule has 2 heterocycles. The summed E-state index contributed by atoms with van der Waals surface area (Å²) < 4.78 is 33.2. The molecule has 0 radical (unpaired) electrons. The maximum Gasteiger partial charge on any atom is 0.250 e. The van der Waals surface area contributed by atoms with Crippen LogP contribution in [0.4, 0.5) is 8.78 Å². The average Bonchev–Trinajstić information content (AvgIpc) is 2.54. The Bertz CT molecular complexity index is 717. The van der Waals surface area contributed by atoms with E-state index >= 15 is 0 Å². The van der Waals surface area contributed by atoms with Gasteiger partial charge in [-0.05, 0) is 37.6 Å². The zero-order valence-corrected chi connectivity index (χ0v) is 14.0. The Morgan fingerprint density at radius 1 is 1.46 bits per heavy atom. The maximum absolute atomic E-state index is 14.3. The molecule has 1 aromatic heterocycles. The van der Waals surface area contributed by atoms with Gasteiger partial charge in [0.15, 0.2) is 5.82 Å². The third kappa shape index (κ3) is 3.33. The normalized spacial score (nSPS) is 27.9. The van der Waals surface area contributed by atoms with Gasteiger partial charge >= 0.3 is 0 Å². The number of alkyl halides is 1. The smallest absolute Gasteiger partial charge is 0.250 e. The predicted octanol–water partition coefficient (Wildman–Crippen LogP) is 3.74. The lowest BCUT2D eigenvalue weighted by molar-refractivity contribution is -0.0328. The van der Waals surface area contributed by atoms with Crippen molar-refractivity contribution in [2.45, 2.75) is 38.5 Å². The molecule has 1 aliphatic heterocycles. The molecule has 0 aromatic carbocycles. The second-order valence-electron chi connectivity index (χ2n) is 6.29. The molecule has 0 atom stereocenters. The van der Waals surface area contributed by atoms with Gasteiger partial charge < -0.3 is 4.74 Å². The number of nitrogens with one attached hydrogen (secondary N) is 1. The minimum atomic E-state index is -1.21. The first-order valence-corrected chi connectivity index (χ1v) is 7.96. The number of ether oxygens (including phenoxy) is 1. The van der Waals surface area contributed by atoms with E-state index in [9.17, 15) is 8.78 Å². The minimum absolute atomic E-state index is 0.0669. The minimum Gasteiger partial charge on any atom is -0.472 e. The molecule has 1 aliphatic carbocycles. The first-order chi connectivity index (χ1) is 11.4. The van der Waals surface area contributed by atoms with Gasteiger partial charge in [0.25, 0.3) is 5.88 Å². The van der Waals surface area contributed by atoms with Gasteiger partial charge in [-0.2, -0.15) is 0 Å². The van der Waals surface area contributed by atoms with Crippen LogP contribution < -0.4 is 10.2 Å². The zero-order valence-electron chi connectivity index (χ0n) is 14.0. The number of hydrogen-bond acceptors (Lipinski definition) is 4. The Balaban J connectivity index is 1.76. The van der Waals surface area contributed by atoms with Gasteiger partial charge in [-0.3, -0.25) is 5.01 Å². The van der Waals surface area contributed by atoms with E-state index in [2.05, 4.69) is 10.4 Å². The summed E-state index contributed by atoms with van der Waals surface area (Å²) in [5.41, 5.74) is 4.29. The van der Waals surface area contributed by atoms with Crippen LogP contribution >= 0.6 is 0 Å². The van der Waals surface area contributed by atoms with Crippen LogP contribution in [0.2, 0.25) is 0 Å². The van der Waals surface area contributed by atoms with Crippen molar-refractivity contribution in [2.24, 2.45) is 0 Å². The van der Waals surface area contributed by atoms with Crippen LogP contribution in [0.3, 0.4) is 0 Å². The van der Waals surface area contributed by atoms with Crippen LogP contribution in [-0.4, -0.2) is 28.8 Å². The van der Waals surface area contributed by atoms with E-state index in [4.69, 9.17) is 4.74 Å². The molecule has 1 saturated carbocycles. The standard InChI is InChI=1S/C18H21F2N3O/c1-4-14-7-12(5-6-23(14)21-3)13-8-16(19)17(22-11-13)24-15-9-18(2,20)10-15/h4-8,11,15,21H,9-10H2,1-3H3/b14-4-. The van der Waals surface area contributed by atoms with Crippen molar-refractivity contribution in [3.63, 3.8) is 0 Å². The molecule has 0 amide bonds. The number of hydrazine groups is 1. The monoisotopic (exact) mass is 333 g/mol. The maximum atomic E-state index is 14.3. The van der Waals surface area contributed by atoms with Gasteiger partial charge in [0.2, 0.25) is 0 Å². The fourth-order valence-corrected chi connectivity index (χ4v) is 2.92. The SMILES string of the molecule is C/C=C1/C=C(c2cnc(OC3CC(C)(F)C3)c(F)c2)C=CN1NC. The molecule has 0 unspecified atom stereocenters. The molecule has 1 N–H and O–H groups in total. The number of nitrogens with zero attached hydrogens (tertiary/aromatic N) is 2. The summed E-state index contributed by atoms with van der Waals surface area (Å²) in [6.45, 7) is 3.45. The number of allylic oxidation sites excluding steroid dienone is 4. The molecule has 4 nitrogen and oxygen atoms in total. The van der Waals surface area contributed by atoms with E-state index in [0.29, 0.717) is 5.56 Å². The lowest BCUT2D eigenvalue weighted by atomic mass is 9.81. The number of pyridine rings is 1. The van der Waals surface area contributed by atoms with Crippen LogP contribution in [0.1, 0.15) is 32.3 Å². The number of halogens is 2. The molecule has 0 bridgehead atoms. The van der Waals surface area contributed by atoms with E-state index in [1.165, 1.54) is 13.0 Å². The second kappa shape index (κ2) is 6.36. The summed E-state index contributed by atoms with van der Waals surface area (Å²) in [5.74, 6) is -0.602. The molecule has 0 saturated heterocycles. The molecular formula is C18H21F2N3O. The van der Waals surface area contributed by atoms with Crippen molar-refractivity contribution >= 4 is 5.57 Å². The van der Waals surface area contributed by atoms with Crippen LogP contribution in [-0.2, 0) is 0 Å². The van der Waals surface area contributed by atoms with E-state index < -0.39 is 11.5 Å². The summed E-state index contributed by atoms with van der Waals surface area (Å²) >= 11 is 0. The van der Waals surface area contributed by atoms with Gasteiger partial charge in [-0.25, -0.2) is 19.2 Å². The second-order valence-corrected chi connectivity index (χ2v) is 6.29. The fraction of sp³-hybridized carbons (Fsp3) is 0.389. The van der Waals surface area contributed by atoms with E-state index in [-0.39, 0.29) is 24.8 Å². The molecule has 128 valence electrons. The van der Waals surface area contributed by atoms with E-state index in [1.807, 2.05) is 43.4 Å². The van der Waals surface area contributed by atoms with Crippen molar-refractivity contribution in [3.05, 3.63) is 53.8 Å². The summed E-state index contributed by atoms with van der Waals surface area (Å²) in [6.07, 6.45) is 9.44. The van der Waals surface area contributed by atoms with Gasteiger partial charge in [-0.1, -0.05) is 6.08 Å². The fourth-order valence-electron chi connectivity index (χ4n) is 2.92. The molecule has 24 heavy (non-hydrogen) atoms. The summed E-state index contributed by atoms with van der Waals surface area (Å²) in [6, 6.07) is 1.40. The van der Waals surface area contributed by atoms with Crippen LogP contribution in [0.25, 0.3) is 5.57 Å². The first-order valence-electron chi connectivity index (χ1n) is 7.96. The first kappa shape index (κ1) is 16.6. The molecule has 2 aliphatic rings. The highest BCUT2D eigenvalue weighted by Gasteiger charge is 2.42. The highest BCUT2D eigenvalue weighted by Crippen LogP contribution is 2.38. The average molecular weight is 333 g/mol. The van der Waals surface area contributed by atoms with Gasteiger partial charge in [0.1, 0.15) is 11.8 Å². The third-order valence-electron chi connectivity index (χ3n) is 4.25. The number of hydrogen-bond donors (Lipinski definition) is 1. The number of aromatic nitrogens is 1. The molecule has 1 fully saturated rings. The van der Waals surface area contributed by atoms with Crippen molar-refractivity contribution in [3.8, 4) is 5.88 Å². The molecule has 1 aromatic rings. The highest BCUT2D eigenvalue weighted by molar-refractivity contribution is 5.77. The van der Waals surface area contributed by atoms with Crippen molar-refractivity contribution < 1.29 is 13.5 Å². The summed E-state index contributed by atoms with van der Waals surface area (Å²) in [4.78, 5) is 4.07. The Morgan fingerprint density at radius 3 is 2.79 bits per heavy atom. The zero-order chi connectivity index (χ0) is 17.3. The van der Waals surface area contributed by atoms with Crippen molar-refractivity contribution in [1.82, 2.24) is 15.4 Å². The predicted molar refractivity (Wildman–Crippen MR) is 89.1 cm³/mol. The van der Waals surface area contributed by atoms with Crippen molar-refractivity contribution in [2.75, 3.05) is 7.05 Å². The Kier molecular flexibility index (Phi) is 4.41. The summed E-state index contributed by atoms with van der Waals surface area (Å²) in [5, 5.41) is 1.86. The van der Waals surface area contributed by atoms with Crippen molar-refractivity contribution in [1.29, 1.82) is 0 Å². The quantitative estimate of drug-likeness (QED) is 0.911. The van der Waals surface area contributed by atoms with E-state index in [1.54, 1.807) is 6.20 Å². The highest BCUT2D eigenvalue weighted by atomic mass is 19.1. The number of rotatable bonds is 4. The Hall–Kier alpha value is -2.21. The summed E-state index contributed by atoms with van der Waals surface area (Å²) in [7, 11) is 1.82. The molecular weight excluding hydrogens is 312 g/mol. The van der Waals surface area contributed by atoms with E-state index in [0.717, 1.165) is 11.3 Å². The lowest BCUT2D eigenvalue weighted by Gasteiger charge is -2.38. The van der Waals surface area contributed by atoms with Gasteiger partial charge in [-0.15, -0.1) is 0 Å². The van der Waals surface area contributed by atoms with Crippen LogP contribution in [0.15, 0.2) is 42.4 Å². The van der Waals surface area contributed by atoms with Crippen LogP contribution in [0, 0.1) is 5.82 Å². The molecule has 3 rings (SSSR count). The van der Waals surface area contributed by atoms with Crippen LogP contribution in [0.5, 0.6) is 5.88 Å². The molecule has 6 heteroatoms. The van der Waals surface area contributed by atoms with Gasteiger partial charge in [0.05, 0.1) is 5.70 Å². The molecule has 0 spiro atoms. The lowest BCUT2D eigenvalue weighted by Crippen LogP contribution is -2.44. The largest absolute Gasteiger partial charge is 0.472 e. The Labute approximate surface area is 140 Å². The topological polar surface area (TPSA) is 37.4 Å². The van der Waals surface area contributed by atoms with Gasteiger partial charge in [0, 0.05) is 37.8 Å². The Morgan fingerprint density at radius 2 is 2.21 bits per heavy atom.